The van der Waals surface area contributed by atoms with Gasteiger partial charge in [-0.3, -0.25) is 0 Å². The van der Waals surface area contributed by atoms with Crippen molar-refractivity contribution in [2.24, 2.45) is 5.92 Å². The van der Waals surface area contributed by atoms with E-state index in [1.165, 1.54) is 13.0 Å². The number of hydrogen-bond donors (Lipinski definition) is 1. The molecule has 1 aromatic carbocycles. The van der Waals surface area contributed by atoms with Gasteiger partial charge in [-0.2, -0.15) is 0 Å². The average molecular weight is 276 g/mol. The third-order valence-corrected chi connectivity index (χ3v) is 5.10. The van der Waals surface area contributed by atoms with Crippen LogP contribution >= 0.6 is 0 Å². The Labute approximate surface area is 104 Å². The summed E-state index contributed by atoms with van der Waals surface area (Å²) in [5.41, 5.74) is 0.197. The Bertz CT molecular complexity index is 569. The Morgan fingerprint density at radius 3 is 2.56 bits per heavy atom. The molecule has 1 aliphatic rings. The fourth-order valence-electron chi connectivity index (χ4n) is 2.23. The topological polar surface area (TPSA) is 54.4 Å². The third-order valence-electron chi connectivity index (χ3n) is 3.31. The van der Waals surface area contributed by atoms with Gasteiger partial charge in [-0.1, -0.05) is 0 Å². The molecule has 0 aliphatic carbocycles. The molecule has 6 heteroatoms. The molecule has 0 amide bonds. The molecule has 2 rings (SSSR count). The number of halogens is 2. The van der Waals surface area contributed by atoms with Crippen molar-refractivity contribution in [1.82, 2.24) is 0 Å². The van der Waals surface area contributed by atoms with E-state index >= 15 is 0 Å². The van der Waals surface area contributed by atoms with Crippen molar-refractivity contribution in [2.45, 2.75) is 19.4 Å². The van der Waals surface area contributed by atoms with Crippen LogP contribution in [0.1, 0.15) is 23.7 Å². The molecule has 0 aromatic heterocycles. The van der Waals surface area contributed by atoms with Gasteiger partial charge < -0.3 is 5.11 Å². The molecular weight excluding hydrogens is 262 g/mol. The standard InChI is InChI=1S/C12H14F2O3S/c1-7-4-9(11(14)5-10(7)13)12(15)8-2-3-18(16,17)6-8/h4-5,8,12,15H,2-3,6H2,1H3. The molecule has 0 spiro atoms. The van der Waals surface area contributed by atoms with E-state index in [4.69, 9.17) is 0 Å². The highest BCUT2D eigenvalue weighted by molar-refractivity contribution is 7.91. The fourth-order valence-corrected chi connectivity index (χ4v) is 4.06. The maximum Gasteiger partial charge on any atom is 0.150 e. The SMILES string of the molecule is Cc1cc(C(O)C2CCS(=O)(=O)C2)c(F)cc1F. The number of aliphatic hydroxyl groups is 1. The van der Waals surface area contributed by atoms with Gasteiger partial charge in [0.1, 0.15) is 11.6 Å². The van der Waals surface area contributed by atoms with Crippen molar-refractivity contribution in [1.29, 1.82) is 0 Å². The van der Waals surface area contributed by atoms with Crippen molar-refractivity contribution in [2.75, 3.05) is 11.5 Å². The minimum atomic E-state index is -3.14. The maximum atomic E-state index is 13.6. The summed E-state index contributed by atoms with van der Waals surface area (Å²) in [6.07, 6.45) is -0.902. The van der Waals surface area contributed by atoms with Crippen molar-refractivity contribution < 1.29 is 22.3 Å². The van der Waals surface area contributed by atoms with E-state index < -0.39 is 33.5 Å². The maximum absolute atomic E-state index is 13.6. The van der Waals surface area contributed by atoms with E-state index in [0.29, 0.717) is 6.42 Å². The molecule has 1 N–H and O–H groups in total. The van der Waals surface area contributed by atoms with E-state index in [2.05, 4.69) is 0 Å². The average Bonchev–Trinajstić information content (AvgIpc) is 2.63. The largest absolute Gasteiger partial charge is 0.388 e. The molecule has 0 bridgehead atoms. The van der Waals surface area contributed by atoms with Crippen molar-refractivity contribution in [3.8, 4) is 0 Å². The number of hydrogen-bond acceptors (Lipinski definition) is 3. The van der Waals surface area contributed by atoms with E-state index in [0.717, 1.165) is 6.07 Å². The van der Waals surface area contributed by atoms with Gasteiger partial charge in [-0.25, -0.2) is 17.2 Å². The molecule has 18 heavy (non-hydrogen) atoms. The predicted molar refractivity (Wildman–Crippen MR) is 62.8 cm³/mol. The van der Waals surface area contributed by atoms with Crippen molar-refractivity contribution in [3.05, 3.63) is 34.9 Å². The monoisotopic (exact) mass is 276 g/mol. The highest BCUT2D eigenvalue weighted by atomic mass is 32.2. The lowest BCUT2D eigenvalue weighted by Gasteiger charge is -2.18. The summed E-state index contributed by atoms with van der Waals surface area (Å²) in [6.45, 7) is 1.47. The van der Waals surface area contributed by atoms with Crippen LogP contribution in [0.3, 0.4) is 0 Å². The molecule has 1 aliphatic heterocycles. The zero-order valence-corrected chi connectivity index (χ0v) is 10.7. The van der Waals surface area contributed by atoms with E-state index in [-0.39, 0.29) is 22.6 Å². The predicted octanol–water partition coefficient (Wildman–Crippen LogP) is 1.74. The van der Waals surface area contributed by atoms with Crippen molar-refractivity contribution >= 4 is 9.84 Å². The second kappa shape index (κ2) is 4.59. The van der Waals surface area contributed by atoms with Gasteiger partial charge in [0.2, 0.25) is 0 Å². The lowest BCUT2D eigenvalue weighted by molar-refractivity contribution is 0.117. The number of aryl methyl sites for hydroxylation is 1. The lowest BCUT2D eigenvalue weighted by atomic mass is 9.94. The molecule has 1 fully saturated rings. The molecule has 2 unspecified atom stereocenters. The van der Waals surface area contributed by atoms with Crippen LogP contribution in [-0.2, 0) is 9.84 Å². The second-order valence-electron chi connectivity index (χ2n) is 4.73. The third kappa shape index (κ3) is 2.54. The van der Waals surface area contributed by atoms with E-state index in [9.17, 15) is 22.3 Å². The fraction of sp³-hybridized carbons (Fsp3) is 0.500. The van der Waals surface area contributed by atoms with Crippen LogP contribution in [0.15, 0.2) is 12.1 Å². The Morgan fingerprint density at radius 2 is 2.00 bits per heavy atom. The first-order valence-electron chi connectivity index (χ1n) is 5.64. The minimum absolute atomic E-state index is 0.0104. The molecule has 1 heterocycles. The molecular formula is C12H14F2O3S. The van der Waals surface area contributed by atoms with Gasteiger partial charge in [0.25, 0.3) is 0 Å². The molecule has 0 radical (unpaired) electrons. The first-order valence-corrected chi connectivity index (χ1v) is 7.46. The Morgan fingerprint density at radius 1 is 1.33 bits per heavy atom. The van der Waals surface area contributed by atoms with Crippen LogP contribution in [0.4, 0.5) is 8.78 Å². The highest BCUT2D eigenvalue weighted by Crippen LogP contribution is 2.33. The van der Waals surface area contributed by atoms with Gasteiger partial charge in [-0.15, -0.1) is 0 Å². The summed E-state index contributed by atoms with van der Waals surface area (Å²) in [7, 11) is -3.14. The van der Waals surface area contributed by atoms with Gasteiger partial charge in [0.15, 0.2) is 9.84 Å². The molecule has 0 saturated carbocycles. The summed E-state index contributed by atoms with van der Waals surface area (Å²) in [4.78, 5) is 0. The van der Waals surface area contributed by atoms with Crippen LogP contribution in [0.2, 0.25) is 0 Å². The Hall–Kier alpha value is -1.01. The first-order chi connectivity index (χ1) is 8.30. The lowest BCUT2D eigenvalue weighted by Crippen LogP contribution is -2.16. The van der Waals surface area contributed by atoms with Crippen LogP contribution < -0.4 is 0 Å². The zero-order valence-electron chi connectivity index (χ0n) is 9.86. The van der Waals surface area contributed by atoms with Crippen LogP contribution in [-0.4, -0.2) is 25.0 Å². The summed E-state index contributed by atoms with van der Waals surface area (Å²) in [5, 5.41) is 10.0. The number of sulfone groups is 1. The van der Waals surface area contributed by atoms with Gasteiger partial charge in [0, 0.05) is 17.5 Å². The van der Waals surface area contributed by atoms with Crippen molar-refractivity contribution in [3.63, 3.8) is 0 Å². The number of benzene rings is 1. The quantitative estimate of drug-likeness (QED) is 0.895. The second-order valence-corrected chi connectivity index (χ2v) is 6.96. The number of aliphatic hydroxyl groups excluding tert-OH is 1. The molecule has 1 aromatic rings. The van der Waals surface area contributed by atoms with Gasteiger partial charge in [0.05, 0.1) is 17.6 Å². The summed E-state index contributed by atoms with van der Waals surface area (Å²) >= 11 is 0. The molecule has 2 atom stereocenters. The highest BCUT2D eigenvalue weighted by Gasteiger charge is 2.34. The summed E-state index contributed by atoms with van der Waals surface area (Å²) in [5.74, 6) is -2.17. The minimum Gasteiger partial charge on any atom is -0.388 e. The zero-order chi connectivity index (χ0) is 13.5. The van der Waals surface area contributed by atoms with E-state index in [1.807, 2.05) is 0 Å². The molecule has 100 valence electrons. The van der Waals surface area contributed by atoms with E-state index in [1.54, 1.807) is 0 Å². The molecule has 1 saturated heterocycles. The summed E-state index contributed by atoms with van der Waals surface area (Å²) < 4.78 is 49.3. The van der Waals surface area contributed by atoms with Crippen LogP contribution in [0.5, 0.6) is 0 Å². The smallest absolute Gasteiger partial charge is 0.150 e. The Kier molecular flexibility index (Phi) is 3.42. The Balaban J connectivity index is 2.30. The van der Waals surface area contributed by atoms with Gasteiger partial charge in [-0.05, 0) is 25.0 Å². The van der Waals surface area contributed by atoms with Crippen LogP contribution in [0, 0.1) is 24.5 Å². The van der Waals surface area contributed by atoms with Crippen LogP contribution in [0.25, 0.3) is 0 Å². The summed E-state index contributed by atoms with van der Waals surface area (Å²) in [6, 6.07) is 1.96. The number of rotatable bonds is 2. The normalized spacial score (nSPS) is 24.1. The first kappa shape index (κ1) is 13.4. The van der Waals surface area contributed by atoms with Gasteiger partial charge >= 0.3 is 0 Å². The molecule has 3 nitrogen and oxygen atoms in total.